The Kier molecular flexibility index (Phi) is 5.40. The van der Waals surface area contributed by atoms with E-state index in [1.165, 1.54) is 0 Å². The number of nitrogens with zero attached hydrogens (tertiary/aromatic N) is 2. The maximum absolute atomic E-state index is 12.4. The van der Waals surface area contributed by atoms with Crippen LogP contribution in [0.3, 0.4) is 0 Å². The van der Waals surface area contributed by atoms with Gasteiger partial charge in [0.1, 0.15) is 6.04 Å². The van der Waals surface area contributed by atoms with Crippen LogP contribution < -0.4 is 16.2 Å². The van der Waals surface area contributed by atoms with Gasteiger partial charge >= 0.3 is 0 Å². The van der Waals surface area contributed by atoms with Gasteiger partial charge < -0.3 is 5.32 Å². The molecule has 0 aromatic heterocycles. The number of nitro groups is 1. The molecule has 0 bridgehead atoms. The van der Waals surface area contributed by atoms with E-state index in [0.717, 1.165) is 5.56 Å². The summed E-state index contributed by atoms with van der Waals surface area (Å²) in [5, 5.41) is 23.1. The highest BCUT2D eigenvalue weighted by Gasteiger charge is 2.47. The van der Waals surface area contributed by atoms with E-state index in [9.17, 15) is 20.2 Å². The molecule has 134 valence electrons. The first-order chi connectivity index (χ1) is 11.6. The van der Waals surface area contributed by atoms with Crippen LogP contribution in [0, 0.1) is 21.4 Å². The van der Waals surface area contributed by atoms with Crippen LogP contribution in [0.2, 0.25) is 0 Å². The smallest absolute Gasteiger partial charge is 0.254 e. The van der Waals surface area contributed by atoms with E-state index in [0.29, 0.717) is 5.56 Å². The quantitative estimate of drug-likeness (QED) is 0.557. The number of hydrazine groups is 1. The lowest BCUT2D eigenvalue weighted by atomic mass is 9.86. The Morgan fingerprint density at radius 2 is 1.92 bits per heavy atom. The standard InChI is InChI=1S/C17H23N5O3/c1-10-15(22(24)25)14(21-20-10)16(23)19-13(9-18)11-5-7-12(8-6-11)17(2,3)4/h5-8,10,13-15,20-21H,1-4H3,(H,19,23). The van der Waals surface area contributed by atoms with Gasteiger partial charge in [0.15, 0.2) is 6.04 Å². The average Bonchev–Trinajstić information content (AvgIpc) is 2.93. The van der Waals surface area contributed by atoms with Crippen LogP contribution in [0.1, 0.15) is 44.9 Å². The van der Waals surface area contributed by atoms with Crippen molar-refractivity contribution < 1.29 is 9.72 Å². The van der Waals surface area contributed by atoms with Gasteiger partial charge in [-0.2, -0.15) is 5.26 Å². The maximum Gasteiger partial charge on any atom is 0.254 e. The zero-order valence-corrected chi connectivity index (χ0v) is 14.7. The topological polar surface area (TPSA) is 120 Å². The molecule has 1 saturated heterocycles. The third kappa shape index (κ3) is 4.13. The number of nitrogens with one attached hydrogen (secondary N) is 3. The van der Waals surface area contributed by atoms with Crippen molar-refractivity contribution in [1.82, 2.24) is 16.2 Å². The number of benzene rings is 1. The molecule has 0 spiro atoms. The van der Waals surface area contributed by atoms with Crippen LogP contribution in [0.15, 0.2) is 24.3 Å². The Bertz CT molecular complexity index is 690. The first-order valence-corrected chi connectivity index (χ1v) is 8.10. The van der Waals surface area contributed by atoms with Gasteiger partial charge in [-0.25, -0.2) is 10.9 Å². The van der Waals surface area contributed by atoms with Gasteiger partial charge in [0.05, 0.1) is 12.1 Å². The summed E-state index contributed by atoms with van der Waals surface area (Å²) in [7, 11) is 0. The van der Waals surface area contributed by atoms with E-state index in [4.69, 9.17) is 0 Å². The molecule has 0 aliphatic carbocycles. The van der Waals surface area contributed by atoms with E-state index in [2.05, 4.69) is 36.9 Å². The van der Waals surface area contributed by atoms with Crippen LogP contribution in [-0.2, 0) is 10.2 Å². The highest BCUT2D eigenvalue weighted by Crippen LogP contribution is 2.24. The zero-order chi connectivity index (χ0) is 18.8. The van der Waals surface area contributed by atoms with Crippen molar-refractivity contribution in [2.75, 3.05) is 0 Å². The van der Waals surface area contributed by atoms with Crippen molar-refractivity contribution in [3.8, 4) is 6.07 Å². The van der Waals surface area contributed by atoms with Crippen molar-refractivity contribution in [1.29, 1.82) is 5.26 Å². The van der Waals surface area contributed by atoms with Crippen LogP contribution >= 0.6 is 0 Å². The van der Waals surface area contributed by atoms with E-state index in [1.54, 1.807) is 19.1 Å². The van der Waals surface area contributed by atoms with Gasteiger partial charge in [-0.05, 0) is 23.5 Å². The van der Waals surface area contributed by atoms with Gasteiger partial charge in [0.25, 0.3) is 6.04 Å². The lowest BCUT2D eigenvalue weighted by Gasteiger charge is -2.21. The van der Waals surface area contributed by atoms with Crippen LogP contribution in [0.5, 0.6) is 0 Å². The van der Waals surface area contributed by atoms with E-state index < -0.39 is 35.0 Å². The predicted octanol–water partition coefficient (Wildman–Crippen LogP) is 1.18. The molecule has 3 N–H and O–H groups in total. The molecule has 2 rings (SSSR count). The molecule has 1 amide bonds. The summed E-state index contributed by atoms with van der Waals surface area (Å²) in [5.74, 6) is -0.579. The van der Waals surface area contributed by atoms with E-state index >= 15 is 0 Å². The van der Waals surface area contributed by atoms with Gasteiger partial charge in [-0.15, -0.1) is 0 Å². The lowest BCUT2D eigenvalue weighted by Crippen LogP contribution is -2.50. The molecule has 8 nitrogen and oxygen atoms in total. The molecule has 1 aromatic carbocycles. The van der Waals surface area contributed by atoms with Gasteiger partial charge in [-0.3, -0.25) is 14.9 Å². The molecule has 1 fully saturated rings. The van der Waals surface area contributed by atoms with Crippen molar-refractivity contribution >= 4 is 5.91 Å². The van der Waals surface area contributed by atoms with Gasteiger partial charge in [0, 0.05) is 4.92 Å². The summed E-state index contributed by atoms with van der Waals surface area (Å²) in [6, 6.07) is 5.98. The second kappa shape index (κ2) is 7.17. The fraction of sp³-hybridized carbons (Fsp3) is 0.529. The molecule has 1 heterocycles. The largest absolute Gasteiger partial charge is 0.335 e. The Balaban J connectivity index is 2.13. The summed E-state index contributed by atoms with van der Waals surface area (Å²) < 4.78 is 0. The minimum Gasteiger partial charge on any atom is -0.335 e. The molecule has 0 radical (unpaired) electrons. The summed E-state index contributed by atoms with van der Waals surface area (Å²) >= 11 is 0. The fourth-order valence-corrected chi connectivity index (χ4v) is 2.80. The first kappa shape index (κ1) is 18.8. The van der Waals surface area contributed by atoms with Gasteiger partial charge in [-0.1, -0.05) is 45.0 Å². The highest BCUT2D eigenvalue weighted by atomic mass is 16.6. The number of carbonyl (C=O) groups excluding carboxylic acids is 1. The third-order valence-corrected chi connectivity index (χ3v) is 4.37. The molecule has 4 atom stereocenters. The molecular formula is C17H23N5O3. The minimum absolute atomic E-state index is 0.0155. The Hall–Kier alpha value is -2.50. The summed E-state index contributed by atoms with van der Waals surface area (Å²) in [5.41, 5.74) is 7.07. The maximum atomic E-state index is 12.4. The zero-order valence-electron chi connectivity index (χ0n) is 14.7. The van der Waals surface area contributed by atoms with Crippen LogP contribution in [0.4, 0.5) is 0 Å². The Morgan fingerprint density at radius 1 is 1.32 bits per heavy atom. The van der Waals surface area contributed by atoms with Crippen LogP contribution in [0.25, 0.3) is 0 Å². The number of nitriles is 1. The lowest BCUT2D eigenvalue weighted by molar-refractivity contribution is -0.523. The molecule has 1 aromatic rings. The summed E-state index contributed by atoms with van der Waals surface area (Å²) in [6.45, 7) is 7.89. The van der Waals surface area contributed by atoms with E-state index in [1.807, 2.05) is 18.2 Å². The van der Waals surface area contributed by atoms with Crippen molar-refractivity contribution in [3.63, 3.8) is 0 Å². The monoisotopic (exact) mass is 345 g/mol. The SMILES string of the molecule is CC1NNC(C(=O)NC(C#N)c2ccc(C(C)(C)C)cc2)C1[N+](=O)[O-]. The van der Waals surface area contributed by atoms with Crippen molar-refractivity contribution in [3.05, 3.63) is 45.5 Å². The molecule has 25 heavy (non-hydrogen) atoms. The van der Waals surface area contributed by atoms with E-state index in [-0.39, 0.29) is 5.41 Å². The first-order valence-electron chi connectivity index (χ1n) is 8.10. The van der Waals surface area contributed by atoms with Crippen LogP contribution in [-0.4, -0.2) is 29.0 Å². The number of amides is 1. The molecule has 4 unspecified atom stereocenters. The molecule has 1 aliphatic heterocycles. The predicted molar refractivity (Wildman–Crippen MR) is 91.9 cm³/mol. The Morgan fingerprint density at radius 3 is 2.40 bits per heavy atom. The number of hydrogen-bond acceptors (Lipinski definition) is 6. The number of rotatable bonds is 4. The fourth-order valence-electron chi connectivity index (χ4n) is 2.80. The minimum atomic E-state index is -1.09. The average molecular weight is 345 g/mol. The molecule has 8 heteroatoms. The number of carbonyl (C=O) groups is 1. The second-order valence-electron chi connectivity index (χ2n) is 7.27. The summed E-state index contributed by atoms with van der Waals surface area (Å²) in [6.07, 6.45) is 0. The normalized spacial score (nSPS) is 24.4. The van der Waals surface area contributed by atoms with Crippen molar-refractivity contribution in [2.24, 2.45) is 0 Å². The second-order valence-corrected chi connectivity index (χ2v) is 7.27. The summed E-state index contributed by atoms with van der Waals surface area (Å²) in [4.78, 5) is 23.1. The Labute approximate surface area is 146 Å². The number of hydrogen-bond donors (Lipinski definition) is 3. The molecule has 0 saturated carbocycles. The molecular weight excluding hydrogens is 322 g/mol. The highest BCUT2D eigenvalue weighted by molar-refractivity contribution is 5.83. The van der Waals surface area contributed by atoms with Crippen molar-refractivity contribution in [2.45, 2.75) is 57.3 Å². The third-order valence-electron chi connectivity index (χ3n) is 4.37. The van der Waals surface area contributed by atoms with Gasteiger partial charge in [0.2, 0.25) is 5.91 Å². The molecule has 1 aliphatic rings.